The van der Waals surface area contributed by atoms with Gasteiger partial charge in [-0.1, -0.05) is 25.8 Å². The van der Waals surface area contributed by atoms with Crippen LogP contribution in [-0.2, 0) is 22.9 Å². The first-order valence-electron chi connectivity index (χ1n) is 11.2. The van der Waals surface area contributed by atoms with Crippen LogP contribution >= 0.6 is 0 Å². The predicted molar refractivity (Wildman–Crippen MR) is 124 cm³/mol. The van der Waals surface area contributed by atoms with Gasteiger partial charge in [-0.25, -0.2) is 4.79 Å². The molecule has 1 aromatic rings. The van der Waals surface area contributed by atoms with Crippen molar-refractivity contribution in [3.63, 3.8) is 0 Å². The van der Waals surface area contributed by atoms with Crippen LogP contribution in [0.3, 0.4) is 0 Å². The van der Waals surface area contributed by atoms with Crippen LogP contribution in [0.1, 0.15) is 59.4 Å². The molecule has 32 heavy (non-hydrogen) atoms. The van der Waals surface area contributed by atoms with E-state index in [1.54, 1.807) is 18.2 Å². The largest absolute Gasteiger partial charge is 0.515 e. The highest BCUT2D eigenvalue weighted by Crippen LogP contribution is 2.36. The van der Waals surface area contributed by atoms with Crippen molar-refractivity contribution >= 4 is 26.8 Å². The smallest absolute Gasteiger partial charge is 0.490 e. The van der Waals surface area contributed by atoms with Gasteiger partial charge in [0, 0.05) is 25.9 Å². The minimum Gasteiger partial charge on any atom is -0.490 e. The van der Waals surface area contributed by atoms with Crippen LogP contribution in [0.2, 0.25) is 5.54 Å². The number of carboxylic acid groups (broad SMARTS) is 1. The maximum Gasteiger partial charge on any atom is 0.515 e. The van der Waals surface area contributed by atoms with Crippen molar-refractivity contribution in [2.45, 2.75) is 59.4 Å². The topological polar surface area (TPSA) is 101 Å². The monoisotopic (exact) mass is 468 g/mol. The lowest BCUT2D eigenvalue weighted by atomic mass is 10.1. The number of carbonyl (C=O) groups is 2. The van der Waals surface area contributed by atoms with Gasteiger partial charge < -0.3 is 27.9 Å². The van der Waals surface area contributed by atoms with Gasteiger partial charge in [0.05, 0.1) is 6.61 Å². The second-order valence-electron chi connectivity index (χ2n) is 6.83. The van der Waals surface area contributed by atoms with Gasteiger partial charge in [-0.2, -0.15) is 0 Å². The molecule has 0 saturated carbocycles. The zero-order valence-corrected chi connectivity index (χ0v) is 20.7. The lowest BCUT2D eigenvalue weighted by molar-refractivity contribution is -0.136. The number of carbonyl (C=O) groups excluding carboxylic acids is 1. The van der Waals surface area contributed by atoms with E-state index in [1.165, 1.54) is 6.08 Å². The van der Waals surface area contributed by atoms with Gasteiger partial charge in [-0.05, 0) is 57.9 Å². The van der Waals surface area contributed by atoms with E-state index in [1.807, 2.05) is 34.6 Å². The van der Waals surface area contributed by atoms with E-state index in [-0.39, 0.29) is 5.75 Å². The molecule has 1 unspecified atom stereocenters. The van der Waals surface area contributed by atoms with Gasteiger partial charge in [-0.15, -0.1) is 0 Å². The summed E-state index contributed by atoms with van der Waals surface area (Å²) in [5.41, 5.74) is -0.137. The number of esters is 1. The third kappa shape index (κ3) is 8.38. The number of aliphatic carboxylic acids is 1. The Bertz CT molecular complexity index is 732. The van der Waals surface area contributed by atoms with Crippen LogP contribution < -0.4 is 9.47 Å². The molecule has 8 nitrogen and oxygen atoms in total. The van der Waals surface area contributed by atoms with E-state index in [2.05, 4.69) is 0 Å². The van der Waals surface area contributed by atoms with Crippen LogP contribution in [0.25, 0.3) is 6.08 Å². The minimum absolute atomic E-state index is 0.207. The molecule has 0 fully saturated rings. The van der Waals surface area contributed by atoms with Gasteiger partial charge >= 0.3 is 20.7 Å². The number of ether oxygens (including phenoxy) is 2. The zero-order valence-electron chi connectivity index (χ0n) is 19.7. The highest BCUT2D eigenvalue weighted by molar-refractivity contribution is 6.66. The molecule has 1 rings (SSSR count). The Kier molecular flexibility index (Phi) is 12.9. The third-order valence-corrected chi connectivity index (χ3v) is 7.94. The predicted octanol–water partition coefficient (Wildman–Crippen LogP) is 4.70. The first kappa shape index (κ1) is 27.8. The third-order valence-electron chi connectivity index (χ3n) is 4.49. The summed E-state index contributed by atoms with van der Waals surface area (Å²) >= 11 is 0. The fourth-order valence-corrected chi connectivity index (χ4v) is 6.17. The molecule has 1 N–H and O–H groups in total. The van der Waals surface area contributed by atoms with Crippen LogP contribution in [0.15, 0.2) is 24.3 Å². The van der Waals surface area contributed by atoms with Crippen LogP contribution in [0.5, 0.6) is 11.5 Å². The van der Waals surface area contributed by atoms with E-state index in [9.17, 15) is 9.59 Å². The Morgan fingerprint density at radius 3 is 2.09 bits per heavy atom. The Balaban J connectivity index is 3.35. The van der Waals surface area contributed by atoms with Crippen molar-refractivity contribution in [3.8, 4) is 11.5 Å². The second-order valence-corrected chi connectivity index (χ2v) is 9.60. The Morgan fingerprint density at radius 1 is 0.969 bits per heavy atom. The minimum atomic E-state index is -3.37. The molecule has 0 radical (unpaired) electrons. The molecular formula is C23H36O8Si. The Hall–Kier alpha value is -2.20. The summed E-state index contributed by atoms with van der Waals surface area (Å²) in [6.07, 6.45) is 4.61. The van der Waals surface area contributed by atoms with Crippen molar-refractivity contribution < 1.29 is 37.4 Å². The molecule has 1 aromatic carbocycles. The molecule has 0 aliphatic carbocycles. The molecule has 9 heteroatoms. The fraction of sp³-hybridized carbons (Fsp3) is 0.565. The lowest BCUT2D eigenvalue weighted by Gasteiger charge is -2.34. The van der Waals surface area contributed by atoms with E-state index in [4.69, 9.17) is 27.9 Å². The molecule has 180 valence electrons. The first-order valence-corrected chi connectivity index (χ1v) is 13.0. The van der Waals surface area contributed by atoms with Gasteiger partial charge in [0.15, 0.2) is 11.5 Å². The molecule has 0 bridgehead atoms. The van der Waals surface area contributed by atoms with E-state index in [0.29, 0.717) is 44.2 Å². The van der Waals surface area contributed by atoms with Gasteiger partial charge in [0.2, 0.25) is 0 Å². The molecule has 0 amide bonds. The SMILES string of the molecule is CCCCC(C(=O)Oc1cc(/C=C/C(=O)O)ccc1OCC)[Si](OCC)(OCC)OCC. The summed E-state index contributed by atoms with van der Waals surface area (Å²) in [5, 5.41) is 8.89. The summed E-state index contributed by atoms with van der Waals surface area (Å²) in [5.74, 6) is -0.990. The van der Waals surface area contributed by atoms with Crippen molar-refractivity contribution in [1.29, 1.82) is 0 Å². The first-order chi connectivity index (χ1) is 15.4. The number of rotatable bonds is 16. The summed E-state index contributed by atoms with van der Waals surface area (Å²) < 4.78 is 29.3. The summed E-state index contributed by atoms with van der Waals surface area (Å²) in [6.45, 7) is 10.8. The van der Waals surface area contributed by atoms with Gasteiger partial charge in [0.25, 0.3) is 0 Å². The maximum atomic E-state index is 13.4. The average molecular weight is 469 g/mol. The number of unbranched alkanes of at least 4 members (excludes halogenated alkanes) is 1. The normalized spacial score (nSPS) is 12.7. The molecule has 0 aliphatic rings. The van der Waals surface area contributed by atoms with Gasteiger partial charge in [-0.3, -0.25) is 4.79 Å². The highest BCUT2D eigenvalue weighted by Gasteiger charge is 2.53. The van der Waals surface area contributed by atoms with E-state index >= 15 is 0 Å². The molecular weight excluding hydrogens is 432 g/mol. The molecule has 0 spiro atoms. The summed E-state index contributed by atoms with van der Waals surface area (Å²) in [6, 6.07) is 4.91. The molecule has 0 aliphatic heterocycles. The number of hydrogen-bond acceptors (Lipinski definition) is 7. The van der Waals surface area contributed by atoms with Crippen molar-refractivity contribution in [2.75, 3.05) is 26.4 Å². The lowest BCUT2D eigenvalue weighted by Crippen LogP contribution is -2.53. The number of hydrogen-bond donors (Lipinski definition) is 1. The second kappa shape index (κ2) is 14.8. The van der Waals surface area contributed by atoms with Gasteiger partial charge in [0.1, 0.15) is 5.54 Å². The quantitative estimate of drug-likeness (QED) is 0.161. The highest BCUT2D eigenvalue weighted by atomic mass is 28.4. The van der Waals surface area contributed by atoms with E-state index < -0.39 is 26.3 Å². The zero-order chi connectivity index (χ0) is 24.0. The molecule has 1 atom stereocenters. The van der Waals surface area contributed by atoms with Crippen molar-refractivity contribution in [3.05, 3.63) is 29.8 Å². The number of benzene rings is 1. The van der Waals surface area contributed by atoms with E-state index in [0.717, 1.165) is 18.9 Å². The summed E-state index contributed by atoms with van der Waals surface area (Å²) in [7, 11) is -3.37. The summed E-state index contributed by atoms with van der Waals surface area (Å²) in [4.78, 5) is 24.3. The number of carboxylic acids is 1. The Labute approximate surface area is 191 Å². The average Bonchev–Trinajstić information content (AvgIpc) is 2.74. The fourth-order valence-electron chi connectivity index (χ4n) is 3.21. The van der Waals surface area contributed by atoms with Crippen LogP contribution in [-0.4, -0.2) is 52.3 Å². The van der Waals surface area contributed by atoms with Crippen molar-refractivity contribution in [2.24, 2.45) is 0 Å². The molecule has 0 aromatic heterocycles. The van der Waals surface area contributed by atoms with Crippen LogP contribution in [0.4, 0.5) is 0 Å². The van der Waals surface area contributed by atoms with Crippen molar-refractivity contribution in [1.82, 2.24) is 0 Å². The van der Waals surface area contributed by atoms with Crippen LogP contribution in [0, 0.1) is 0 Å². The maximum absolute atomic E-state index is 13.4. The molecule has 0 saturated heterocycles. The molecule has 0 heterocycles. The Morgan fingerprint density at radius 2 is 1.59 bits per heavy atom. The standard InChI is InChI=1S/C23H36O8Si/c1-6-11-12-21(32(28-8-3,29-9-4)30-10-5)23(26)31-20-17-18(14-16-22(24)25)13-15-19(20)27-7-2/h13-17,21H,6-12H2,1-5H3,(H,24,25)/b16-14+.